The highest BCUT2D eigenvalue weighted by atomic mass is 32.1. The van der Waals surface area contributed by atoms with Gasteiger partial charge >= 0.3 is 0 Å². The maximum atomic E-state index is 5.36. The van der Waals surface area contributed by atoms with Crippen molar-refractivity contribution >= 4 is 12.2 Å². The number of hydrogen-bond acceptors (Lipinski definition) is 2. The minimum atomic E-state index is 0.611. The quantitative estimate of drug-likeness (QED) is 0.784. The molecule has 0 bridgehead atoms. The summed E-state index contributed by atoms with van der Waals surface area (Å²) in [5, 5.41) is 0. The Morgan fingerprint density at radius 3 is 2.56 bits per heavy atom. The topological polar surface area (TPSA) is 28.7 Å². The van der Waals surface area contributed by atoms with Crippen molar-refractivity contribution in [3.05, 3.63) is 21.7 Å². The largest absolute Gasteiger partial charge is 0.347 e. The monoisotopic (exact) mass is 236 g/mol. The van der Waals surface area contributed by atoms with Gasteiger partial charge in [0.05, 0.1) is 0 Å². The summed E-state index contributed by atoms with van der Waals surface area (Å²) in [5.74, 6) is 1.74. The Morgan fingerprint density at radius 1 is 1.31 bits per heavy atom. The van der Waals surface area contributed by atoms with Gasteiger partial charge in [-0.15, -0.1) is 0 Å². The Kier molecular flexibility index (Phi) is 3.74. The first kappa shape index (κ1) is 11.8. The number of nitrogens with one attached hydrogen (secondary N) is 1. The summed E-state index contributed by atoms with van der Waals surface area (Å²) in [6.07, 6.45) is 7.55. The summed E-state index contributed by atoms with van der Waals surface area (Å²) in [6, 6.07) is 0. The molecule has 1 aromatic rings. The fourth-order valence-corrected chi connectivity index (χ4v) is 3.01. The molecule has 1 aromatic heterocycles. The maximum absolute atomic E-state index is 5.36. The zero-order chi connectivity index (χ0) is 11.5. The maximum Gasteiger partial charge on any atom is 0.133 e. The van der Waals surface area contributed by atoms with E-state index >= 15 is 0 Å². The van der Waals surface area contributed by atoms with Crippen molar-refractivity contribution in [2.24, 2.45) is 0 Å². The number of aryl methyl sites for hydroxylation is 1. The van der Waals surface area contributed by atoms with E-state index in [4.69, 9.17) is 12.2 Å². The van der Waals surface area contributed by atoms with E-state index in [1.165, 1.54) is 43.4 Å². The highest BCUT2D eigenvalue weighted by Gasteiger charge is 2.18. The van der Waals surface area contributed by atoms with Crippen LogP contribution in [0.2, 0.25) is 0 Å². The van der Waals surface area contributed by atoms with Gasteiger partial charge in [0.2, 0.25) is 0 Å². The second-order valence-electron chi connectivity index (χ2n) is 4.72. The third-order valence-corrected chi connectivity index (χ3v) is 3.93. The first-order chi connectivity index (χ1) is 7.72. The van der Waals surface area contributed by atoms with Gasteiger partial charge in [0, 0.05) is 17.2 Å². The molecular weight excluding hydrogens is 216 g/mol. The van der Waals surface area contributed by atoms with Crippen molar-refractivity contribution in [2.75, 3.05) is 0 Å². The summed E-state index contributed by atoms with van der Waals surface area (Å²) in [7, 11) is 0. The molecule has 0 atom stereocenters. The van der Waals surface area contributed by atoms with Crippen molar-refractivity contribution in [3.63, 3.8) is 0 Å². The van der Waals surface area contributed by atoms with Crippen LogP contribution >= 0.6 is 12.2 Å². The van der Waals surface area contributed by atoms with E-state index in [0.29, 0.717) is 5.92 Å². The van der Waals surface area contributed by atoms with Crippen LogP contribution in [0.25, 0.3) is 0 Å². The van der Waals surface area contributed by atoms with E-state index < -0.39 is 0 Å². The molecule has 0 saturated heterocycles. The summed E-state index contributed by atoms with van der Waals surface area (Å²) in [4.78, 5) is 8.05. The molecule has 0 radical (unpaired) electrons. The number of hydrogen-bond donors (Lipinski definition) is 1. The average Bonchev–Trinajstić information content (AvgIpc) is 2.30. The highest BCUT2D eigenvalue weighted by Crippen LogP contribution is 2.30. The van der Waals surface area contributed by atoms with E-state index in [1.807, 2.05) is 0 Å². The molecule has 3 heteroatoms. The van der Waals surface area contributed by atoms with Gasteiger partial charge in [-0.1, -0.05) is 38.4 Å². The molecule has 2 rings (SSSR count). The van der Waals surface area contributed by atoms with Crippen LogP contribution in [0.15, 0.2) is 0 Å². The SMILES string of the molecule is CCc1c(C)[nH]c(C2CCCCC2)nc1=S. The lowest BCUT2D eigenvalue weighted by Gasteiger charge is -2.21. The van der Waals surface area contributed by atoms with Crippen LogP contribution in [0, 0.1) is 11.6 Å². The van der Waals surface area contributed by atoms with Crippen molar-refractivity contribution in [1.82, 2.24) is 9.97 Å². The average molecular weight is 236 g/mol. The third-order valence-electron chi connectivity index (χ3n) is 3.59. The zero-order valence-corrected chi connectivity index (χ0v) is 11.0. The van der Waals surface area contributed by atoms with Crippen LogP contribution in [0.3, 0.4) is 0 Å². The van der Waals surface area contributed by atoms with Crippen molar-refractivity contribution in [3.8, 4) is 0 Å². The first-order valence-corrected chi connectivity index (χ1v) is 6.73. The van der Waals surface area contributed by atoms with Gasteiger partial charge < -0.3 is 4.98 Å². The van der Waals surface area contributed by atoms with E-state index in [-0.39, 0.29) is 0 Å². The number of aromatic nitrogens is 2. The van der Waals surface area contributed by atoms with Gasteiger partial charge in [-0.25, -0.2) is 4.98 Å². The smallest absolute Gasteiger partial charge is 0.133 e. The normalized spacial score (nSPS) is 17.6. The molecular formula is C13H20N2S. The molecule has 2 nitrogen and oxygen atoms in total. The standard InChI is InChI=1S/C13H20N2S/c1-3-11-9(2)14-12(15-13(11)16)10-7-5-4-6-8-10/h10H,3-8H2,1-2H3,(H,14,15,16). The predicted molar refractivity (Wildman–Crippen MR) is 69.4 cm³/mol. The predicted octanol–water partition coefficient (Wildman–Crippen LogP) is 4.06. The van der Waals surface area contributed by atoms with Crippen LogP contribution in [0.5, 0.6) is 0 Å². The molecule has 0 spiro atoms. The van der Waals surface area contributed by atoms with E-state index in [1.54, 1.807) is 0 Å². The van der Waals surface area contributed by atoms with Crippen LogP contribution < -0.4 is 0 Å². The van der Waals surface area contributed by atoms with Crippen molar-refractivity contribution in [2.45, 2.75) is 58.3 Å². The number of aromatic amines is 1. The van der Waals surface area contributed by atoms with Gasteiger partial charge in [0.15, 0.2) is 0 Å². The molecule has 0 amide bonds. The Balaban J connectivity index is 2.31. The summed E-state index contributed by atoms with van der Waals surface area (Å²) in [5.41, 5.74) is 2.41. The van der Waals surface area contributed by atoms with Gasteiger partial charge in [-0.05, 0) is 26.2 Å². The number of H-pyrrole nitrogens is 1. The van der Waals surface area contributed by atoms with Gasteiger partial charge in [0.25, 0.3) is 0 Å². The molecule has 0 unspecified atom stereocenters. The van der Waals surface area contributed by atoms with Gasteiger partial charge in [0.1, 0.15) is 10.5 Å². The zero-order valence-electron chi connectivity index (χ0n) is 10.2. The number of nitrogens with zero attached hydrogens (tertiary/aromatic N) is 1. The molecule has 1 aliphatic carbocycles. The minimum absolute atomic E-state index is 0.611. The summed E-state index contributed by atoms with van der Waals surface area (Å²) >= 11 is 5.36. The van der Waals surface area contributed by atoms with Crippen LogP contribution in [-0.2, 0) is 6.42 Å². The molecule has 0 aliphatic heterocycles. The molecule has 0 aromatic carbocycles. The molecule has 1 saturated carbocycles. The fourth-order valence-electron chi connectivity index (χ4n) is 2.62. The van der Waals surface area contributed by atoms with Gasteiger partial charge in [-0.2, -0.15) is 0 Å². The lowest BCUT2D eigenvalue weighted by molar-refractivity contribution is 0.427. The van der Waals surface area contributed by atoms with E-state index in [9.17, 15) is 0 Å². The molecule has 88 valence electrons. The summed E-state index contributed by atoms with van der Waals surface area (Å²) < 4.78 is 0.805. The Morgan fingerprint density at radius 2 is 2.00 bits per heavy atom. The van der Waals surface area contributed by atoms with Crippen molar-refractivity contribution in [1.29, 1.82) is 0 Å². The minimum Gasteiger partial charge on any atom is -0.347 e. The Hall–Kier alpha value is -0.700. The third kappa shape index (κ3) is 2.34. The highest BCUT2D eigenvalue weighted by molar-refractivity contribution is 7.71. The second kappa shape index (κ2) is 5.09. The number of rotatable bonds is 2. The van der Waals surface area contributed by atoms with Crippen LogP contribution in [0.4, 0.5) is 0 Å². The lowest BCUT2D eigenvalue weighted by Crippen LogP contribution is -2.11. The van der Waals surface area contributed by atoms with Crippen LogP contribution in [0.1, 0.15) is 62.0 Å². The molecule has 1 N–H and O–H groups in total. The Bertz CT molecular complexity index is 416. The summed E-state index contributed by atoms with van der Waals surface area (Å²) in [6.45, 7) is 4.25. The lowest BCUT2D eigenvalue weighted by atomic mass is 9.88. The van der Waals surface area contributed by atoms with Gasteiger partial charge in [-0.3, -0.25) is 0 Å². The fraction of sp³-hybridized carbons (Fsp3) is 0.692. The van der Waals surface area contributed by atoms with Crippen molar-refractivity contribution < 1.29 is 0 Å². The first-order valence-electron chi connectivity index (χ1n) is 6.32. The van der Waals surface area contributed by atoms with E-state index in [2.05, 4.69) is 23.8 Å². The molecule has 1 fully saturated rings. The molecule has 1 heterocycles. The second-order valence-corrected chi connectivity index (χ2v) is 5.11. The van der Waals surface area contributed by atoms with Crippen LogP contribution in [-0.4, -0.2) is 9.97 Å². The van der Waals surface area contributed by atoms with E-state index in [0.717, 1.165) is 16.9 Å². The molecule has 16 heavy (non-hydrogen) atoms. The Labute approximate surface area is 103 Å². The molecule has 1 aliphatic rings.